The van der Waals surface area contributed by atoms with Crippen LogP contribution < -0.4 is 20.4 Å². The lowest BCUT2D eigenvalue weighted by Gasteiger charge is -2.06. The monoisotopic (exact) mass is 482 g/mol. The molecule has 0 saturated carbocycles. The maximum absolute atomic E-state index is 8.68. The maximum atomic E-state index is 8.68. The molecule has 0 aliphatic carbocycles. The van der Waals surface area contributed by atoms with Gasteiger partial charge in [-0.05, 0) is 52.6 Å². The van der Waals surface area contributed by atoms with E-state index in [0.29, 0.717) is 31.0 Å². The van der Waals surface area contributed by atoms with Crippen molar-refractivity contribution in [1.82, 2.24) is 20.3 Å². The summed E-state index contributed by atoms with van der Waals surface area (Å²) in [7, 11) is 1.65. The predicted molar refractivity (Wildman–Crippen MR) is 107 cm³/mol. The highest BCUT2D eigenvalue weighted by Crippen LogP contribution is 2.33. The molecule has 0 unspecified atom stereocenters. The fourth-order valence-electron chi connectivity index (χ4n) is 2.40. The number of benzene rings is 1. The molecular weight excluding hydrogens is 465 g/mol. The number of ether oxygens (including phenoxy) is 1. The Morgan fingerprint density at radius 2 is 2.31 bits per heavy atom. The van der Waals surface area contributed by atoms with E-state index in [2.05, 4.69) is 48.9 Å². The molecule has 0 aliphatic rings. The first-order valence-corrected chi connectivity index (χ1v) is 9.64. The number of rotatable bonds is 7. The van der Waals surface area contributed by atoms with Crippen LogP contribution in [0.5, 0.6) is 5.75 Å². The first-order chi connectivity index (χ1) is 12.6. The van der Waals surface area contributed by atoms with Crippen LogP contribution in [0.1, 0.15) is 0 Å². The molecule has 8 nitrogen and oxygen atoms in total. The van der Waals surface area contributed by atoms with Gasteiger partial charge in [-0.1, -0.05) is 4.98 Å². The normalized spacial score (nSPS) is 10.8. The van der Waals surface area contributed by atoms with E-state index in [1.54, 1.807) is 18.9 Å². The quantitative estimate of drug-likeness (QED) is 0.203. The molecule has 134 valence electrons. The Hall–Kier alpha value is -2.10. The van der Waals surface area contributed by atoms with Gasteiger partial charge in [0.2, 0.25) is 5.52 Å². The number of nitrogens with one attached hydrogen (secondary N) is 2. The summed E-state index contributed by atoms with van der Waals surface area (Å²) < 4.78 is 8.48. The minimum Gasteiger partial charge on any atom is -0.497 e. The average Bonchev–Trinajstić information content (AvgIpc) is 2.99. The van der Waals surface area contributed by atoms with Crippen LogP contribution in [0.4, 0.5) is 5.82 Å². The van der Waals surface area contributed by atoms with Crippen molar-refractivity contribution >= 4 is 51.3 Å². The summed E-state index contributed by atoms with van der Waals surface area (Å²) in [6, 6.07) is 8.01. The highest BCUT2D eigenvalue weighted by atomic mass is 127. The van der Waals surface area contributed by atoms with E-state index in [4.69, 9.17) is 15.7 Å². The van der Waals surface area contributed by atoms with E-state index in [9.17, 15) is 0 Å². The number of halogens is 1. The second-order valence-electron chi connectivity index (χ2n) is 5.27. The number of fused-ring (bicyclic) bond motifs is 1. The van der Waals surface area contributed by atoms with Crippen molar-refractivity contribution in [2.45, 2.75) is 16.6 Å². The Morgan fingerprint density at radius 1 is 1.46 bits per heavy atom. The van der Waals surface area contributed by atoms with Gasteiger partial charge in [-0.3, -0.25) is 4.98 Å². The van der Waals surface area contributed by atoms with E-state index in [1.165, 1.54) is 6.33 Å². The number of nitrogens with two attached hydrogens (primary N) is 1. The van der Waals surface area contributed by atoms with E-state index >= 15 is 0 Å². The number of hydrogen-bond donors (Lipinski definition) is 3. The summed E-state index contributed by atoms with van der Waals surface area (Å²) in [5, 5.41) is 12.6. The van der Waals surface area contributed by atoms with Crippen molar-refractivity contribution in [1.29, 1.82) is 5.26 Å². The number of aromatic nitrogens is 4. The van der Waals surface area contributed by atoms with E-state index in [0.717, 1.165) is 25.0 Å². The molecule has 26 heavy (non-hydrogen) atoms. The largest absolute Gasteiger partial charge is 0.497 e. The third kappa shape index (κ3) is 4.00. The minimum absolute atomic E-state index is 0.302. The Kier molecular flexibility index (Phi) is 6.12. The first-order valence-electron chi connectivity index (χ1n) is 7.75. The van der Waals surface area contributed by atoms with Crippen LogP contribution in [-0.4, -0.2) is 35.2 Å². The van der Waals surface area contributed by atoms with Crippen LogP contribution in [0, 0.1) is 14.9 Å². The summed E-state index contributed by atoms with van der Waals surface area (Å²) in [5.74, 6) is 1.20. The number of nitrogens with zero attached hydrogens (tertiary/aromatic N) is 4. The summed E-state index contributed by atoms with van der Waals surface area (Å²) in [4.78, 5) is 12.8. The molecule has 2 aromatic heterocycles. The smallest absolute Gasteiger partial charge is 0.308 e. The van der Waals surface area contributed by atoms with Gasteiger partial charge in [-0.2, -0.15) is 10.2 Å². The van der Waals surface area contributed by atoms with Crippen molar-refractivity contribution < 1.29 is 9.30 Å². The fraction of sp³-hybridized carbons (Fsp3) is 0.250. The Balaban J connectivity index is 1.99. The molecule has 2 heterocycles. The molecule has 3 rings (SSSR count). The van der Waals surface area contributed by atoms with Crippen LogP contribution in [0.15, 0.2) is 34.6 Å². The maximum Gasteiger partial charge on any atom is 0.308 e. The molecule has 3 aromatic rings. The van der Waals surface area contributed by atoms with Crippen molar-refractivity contribution in [3.63, 3.8) is 0 Å². The summed E-state index contributed by atoms with van der Waals surface area (Å²) in [5.41, 5.74) is 7.43. The molecule has 0 amide bonds. The van der Waals surface area contributed by atoms with Crippen LogP contribution in [0.25, 0.3) is 11.2 Å². The minimum atomic E-state index is 0.302. The first kappa shape index (κ1) is 18.7. The van der Waals surface area contributed by atoms with Crippen molar-refractivity contribution in [2.24, 2.45) is 0 Å². The van der Waals surface area contributed by atoms with Gasteiger partial charge in [0.25, 0.3) is 5.16 Å². The number of anilines is 1. The van der Waals surface area contributed by atoms with Gasteiger partial charge in [-0.15, -0.1) is 0 Å². The van der Waals surface area contributed by atoms with Crippen LogP contribution >= 0.6 is 34.4 Å². The van der Waals surface area contributed by atoms with Crippen LogP contribution in [0.3, 0.4) is 0 Å². The molecule has 0 saturated heterocycles. The van der Waals surface area contributed by atoms with Crippen molar-refractivity contribution in [2.75, 3.05) is 25.9 Å². The Labute approximate surface area is 168 Å². The number of aromatic amines is 1. The molecule has 0 aliphatic heterocycles. The molecular formula is C16H17IN7OS+. The number of hydrogen-bond acceptors (Lipinski definition) is 7. The number of nitriles is 1. The number of H-pyrrole nitrogens is 1. The fourth-order valence-corrected chi connectivity index (χ4v) is 4.06. The lowest BCUT2D eigenvalue weighted by atomic mass is 10.3. The van der Waals surface area contributed by atoms with E-state index < -0.39 is 0 Å². The second-order valence-corrected chi connectivity index (χ2v) is 7.47. The standard InChI is InChI=1S/C16H16IN7OS/c1-25-10-2-3-11(17)12(8-10)26-16-23-13-14(19)21-9-22-15(13)24(16)7-6-20-5-4-18/h2-3,8-9,20H,5-7H2,1H3,(H2,19,21,22)/p+1. The van der Waals surface area contributed by atoms with E-state index in [-0.39, 0.29) is 0 Å². The van der Waals surface area contributed by atoms with Crippen molar-refractivity contribution in [3.8, 4) is 11.8 Å². The zero-order valence-electron chi connectivity index (χ0n) is 14.0. The lowest BCUT2D eigenvalue weighted by molar-refractivity contribution is -0.708. The van der Waals surface area contributed by atoms with E-state index in [1.807, 2.05) is 22.8 Å². The van der Waals surface area contributed by atoms with Gasteiger partial charge in [-0.25, -0.2) is 4.57 Å². The van der Waals surface area contributed by atoms with Gasteiger partial charge in [0.05, 0.1) is 26.3 Å². The van der Waals surface area contributed by atoms with Gasteiger partial charge in [0, 0.05) is 15.0 Å². The third-order valence-corrected chi connectivity index (χ3v) is 6.03. The zero-order chi connectivity index (χ0) is 18.5. The molecule has 4 N–H and O–H groups in total. The van der Waals surface area contributed by atoms with Crippen LogP contribution in [0.2, 0.25) is 0 Å². The molecule has 0 spiro atoms. The lowest BCUT2D eigenvalue weighted by Crippen LogP contribution is -2.40. The summed E-state index contributed by atoms with van der Waals surface area (Å²) in [6.07, 6.45) is 1.45. The number of imidazole rings is 1. The summed E-state index contributed by atoms with van der Waals surface area (Å²) in [6.45, 7) is 1.58. The van der Waals surface area contributed by atoms with Gasteiger partial charge in [0.15, 0.2) is 12.1 Å². The van der Waals surface area contributed by atoms with Crippen LogP contribution in [-0.2, 0) is 6.54 Å². The third-order valence-electron chi connectivity index (χ3n) is 3.65. The molecule has 10 heteroatoms. The highest BCUT2D eigenvalue weighted by Gasteiger charge is 2.23. The average molecular weight is 482 g/mol. The van der Waals surface area contributed by atoms with Gasteiger partial charge < -0.3 is 15.8 Å². The number of methoxy groups -OCH3 is 1. The van der Waals surface area contributed by atoms with Gasteiger partial charge in [0.1, 0.15) is 5.75 Å². The predicted octanol–water partition coefficient (Wildman–Crippen LogP) is 1.71. The highest BCUT2D eigenvalue weighted by molar-refractivity contribution is 14.1. The van der Waals surface area contributed by atoms with Gasteiger partial charge >= 0.3 is 5.65 Å². The molecule has 0 radical (unpaired) electrons. The zero-order valence-corrected chi connectivity index (χ0v) is 17.0. The Bertz CT molecular complexity index is 969. The molecule has 0 atom stereocenters. The molecule has 1 aromatic carbocycles. The molecule has 0 bridgehead atoms. The summed E-state index contributed by atoms with van der Waals surface area (Å²) >= 11 is 3.87. The number of nitrogen functional groups attached to an aromatic ring is 1. The topological polar surface area (TPSA) is 117 Å². The SMILES string of the molecule is COc1ccc(I)c(Sc2[nH]c3c(N)ncnc3[n+]2CCNCC#N)c1. The Morgan fingerprint density at radius 3 is 3.08 bits per heavy atom. The van der Waals surface area contributed by atoms with Crippen molar-refractivity contribution in [3.05, 3.63) is 28.1 Å². The molecule has 0 fully saturated rings. The second kappa shape index (κ2) is 8.52.